The number of benzene rings is 1. The first-order valence-corrected chi connectivity index (χ1v) is 6.36. The predicted octanol–water partition coefficient (Wildman–Crippen LogP) is 1.85. The van der Waals surface area contributed by atoms with E-state index in [9.17, 15) is 9.59 Å². The van der Waals surface area contributed by atoms with Crippen LogP contribution in [0.1, 0.15) is 12.5 Å². The molecule has 1 aliphatic rings. The number of esters is 1. The van der Waals surface area contributed by atoms with Crippen molar-refractivity contribution in [2.75, 3.05) is 23.8 Å². The van der Waals surface area contributed by atoms with Gasteiger partial charge in [-0.15, -0.1) is 0 Å². The van der Waals surface area contributed by atoms with Gasteiger partial charge in [-0.3, -0.25) is 4.79 Å². The molecule has 0 saturated heterocycles. The summed E-state index contributed by atoms with van der Waals surface area (Å²) in [6.07, 6.45) is 0.796. The molecule has 0 radical (unpaired) electrons. The first-order valence-electron chi connectivity index (χ1n) is 6.36. The van der Waals surface area contributed by atoms with Gasteiger partial charge in [-0.05, 0) is 24.6 Å². The highest BCUT2D eigenvalue weighted by Gasteiger charge is 2.14. The van der Waals surface area contributed by atoms with Crippen molar-refractivity contribution in [2.45, 2.75) is 13.3 Å². The highest BCUT2D eigenvalue weighted by Crippen LogP contribution is 2.29. The second kappa shape index (κ2) is 6.10. The molecule has 0 saturated carbocycles. The molecule has 0 spiro atoms. The Morgan fingerprint density at radius 3 is 3.00 bits per heavy atom. The fraction of sp³-hybridized carbons (Fsp3) is 0.286. The van der Waals surface area contributed by atoms with Gasteiger partial charge in [0.25, 0.3) is 0 Å². The van der Waals surface area contributed by atoms with Crippen LogP contribution in [0.2, 0.25) is 0 Å². The van der Waals surface area contributed by atoms with Crippen molar-refractivity contribution in [3.63, 3.8) is 0 Å². The average Bonchev–Trinajstić information content (AvgIpc) is 2.76. The molecule has 1 aromatic carbocycles. The summed E-state index contributed by atoms with van der Waals surface area (Å²) in [5.74, 6) is -0.463. The maximum Gasteiger partial charge on any atom is 0.325 e. The minimum atomic E-state index is -0.463. The van der Waals surface area contributed by atoms with E-state index in [0.29, 0.717) is 12.3 Å². The van der Waals surface area contributed by atoms with Crippen LogP contribution in [0.5, 0.6) is 0 Å². The smallest absolute Gasteiger partial charge is 0.325 e. The maximum absolute atomic E-state index is 11.6. The highest BCUT2D eigenvalue weighted by atomic mass is 16.5. The molecule has 6 nitrogen and oxygen atoms in total. The zero-order valence-corrected chi connectivity index (χ0v) is 11.3. The van der Waals surface area contributed by atoms with E-state index >= 15 is 0 Å². The molecule has 0 atom stereocenters. The van der Waals surface area contributed by atoms with E-state index in [4.69, 9.17) is 4.74 Å². The number of rotatable bonds is 4. The first-order chi connectivity index (χ1) is 9.58. The van der Waals surface area contributed by atoms with Gasteiger partial charge in [0, 0.05) is 23.5 Å². The molecule has 2 rings (SSSR count). The summed E-state index contributed by atoms with van der Waals surface area (Å²) < 4.78 is 4.71. The van der Waals surface area contributed by atoms with Crippen LogP contribution in [-0.2, 0) is 16.0 Å². The molecule has 1 aromatic rings. The molecule has 0 fully saturated rings. The molecule has 3 N–H and O–H groups in total. The molecular weight excluding hydrogens is 258 g/mol. The van der Waals surface area contributed by atoms with Crippen molar-refractivity contribution in [3.8, 4) is 0 Å². The van der Waals surface area contributed by atoms with Gasteiger partial charge in [0.1, 0.15) is 6.54 Å². The van der Waals surface area contributed by atoms with Crippen molar-refractivity contribution in [3.05, 3.63) is 36.0 Å². The molecular formula is C14H17N3O3. The van der Waals surface area contributed by atoms with Crippen LogP contribution in [0.3, 0.4) is 0 Å². The molecule has 6 heteroatoms. The number of allylic oxidation sites excluding steroid dienone is 1. The van der Waals surface area contributed by atoms with Crippen molar-refractivity contribution in [1.82, 2.24) is 5.32 Å². The Morgan fingerprint density at radius 1 is 1.45 bits per heavy atom. The van der Waals surface area contributed by atoms with Gasteiger partial charge in [0.05, 0.1) is 6.61 Å². The summed E-state index contributed by atoms with van der Waals surface area (Å²) in [7, 11) is 0. The van der Waals surface area contributed by atoms with E-state index in [1.165, 1.54) is 0 Å². The van der Waals surface area contributed by atoms with Gasteiger partial charge in [-0.25, -0.2) is 4.79 Å². The van der Waals surface area contributed by atoms with Gasteiger partial charge < -0.3 is 20.7 Å². The monoisotopic (exact) mass is 275 g/mol. The van der Waals surface area contributed by atoms with E-state index in [0.717, 1.165) is 23.4 Å². The Hall–Kier alpha value is -2.50. The standard InChI is InChI=1S/C14H17N3O3/c1-3-20-13(18)8-15-14(19)17-11-5-4-10-6-9(2)16-12(10)7-11/h4-5,7,16H,2-3,6,8H2,1H3,(H2,15,17,19). The number of urea groups is 1. The number of hydrogen-bond donors (Lipinski definition) is 3. The van der Waals surface area contributed by atoms with Crippen molar-refractivity contribution < 1.29 is 14.3 Å². The summed E-state index contributed by atoms with van der Waals surface area (Å²) >= 11 is 0. The third-order valence-electron chi connectivity index (χ3n) is 2.78. The summed E-state index contributed by atoms with van der Waals surface area (Å²) in [4.78, 5) is 22.7. The SMILES string of the molecule is C=C1Cc2ccc(NC(=O)NCC(=O)OCC)cc2N1. The van der Waals surface area contributed by atoms with Gasteiger partial charge >= 0.3 is 12.0 Å². The summed E-state index contributed by atoms with van der Waals surface area (Å²) in [6.45, 7) is 5.72. The molecule has 20 heavy (non-hydrogen) atoms. The van der Waals surface area contributed by atoms with Crippen molar-refractivity contribution in [2.24, 2.45) is 0 Å². The van der Waals surface area contributed by atoms with E-state index in [1.807, 2.05) is 18.2 Å². The van der Waals surface area contributed by atoms with E-state index in [2.05, 4.69) is 22.5 Å². The molecule has 1 aliphatic heterocycles. The van der Waals surface area contributed by atoms with E-state index in [1.54, 1.807) is 6.92 Å². The van der Waals surface area contributed by atoms with E-state index in [-0.39, 0.29) is 6.54 Å². The highest BCUT2D eigenvalue weighted by molar-refractivity contribution is 5.92. The zero-order chi connectivity index (χ0) is 14.5. The molecule has 106 valence electrons. The topological polar surface area (TPSA) is 79.5 Å². The van der Waals surface area contributed by atoms with Gasteiger partial charge in [0.2, 0.25) is 0 Å². The van der Waals surface area contributed by atoms with E-state index < -0.39 is 12.0 Å². The predicted molar refractivity (Wildman–Crippen MR) is 76.6 cm³/mol. The lowest BCUT2D eigenvalue weighted by Gasteiger charge is -2.08. The van der Waals surface area contributed by atoms with Crippen LogP contribution in [-0.4, -0.2) is 25.2 Å². The Kier molecular flexibility index (Phi) is 4.24. The largest absolute Gasteiger partial charge is 0.465 e. The molecule has 2 amide bonds. The molecule has 0 unspecified atom stereocenters. The number of hydrogen-bond acceptors (Lipinski definition) is 4. The van der Waals surface area contributed by atoms with Crippen LogP contribution >= 0.6 is 0 Å². The van der Waals surface area contributed by atoms with Gasteiger partial charge in [0.15, 0.2) is 0 Å². The fourth-order valence-corrected chi connectivity index (χ4v) is 1.93. The lowest BCUT2D eigenvalue weighted by molar-refractivity contribution is -0.141. The number of anilines is 2. The zero-order valence-electron chi connectivity index (χ0n) is 11.3. The second-order valence-electron chi connectivity index (χ2n) is 4.39. The number of amides is 2. The van der Waals surface area contributed by atoms with Crippen LogP contribution in [0.4, 0.5) is 16.2 Å². The number of ether oxygens (including phenoxy) is 1. The summed E-state index contributed by atoms with van der Waals surface area (Å²) in [5, 5.41) is 8.22. The number of carbonyl (C=O) groups excluding carboxylic acids is 2. The lowest BCUT2D eigenvalue weighted by atomic mass is 10.1. The summed E-state index contributed by atoms with van der Waals surface area (Å²) in [5.41, 5.74) is 3.67. The average molecular weight is 275 g/mol. The quantitative estimate of drug-likeness (QED) is 0.733. The third kappa shape index (κ3) is 3.50. The maximum atomic E-state index is 11.6. The molecule has 0 aromatic heterocycles. The van der Waals surface area contributed by atoms with Crippen LogP contribution in [0.15, 0.2) is 30.5 Å². The van der Waals surface area contributed by atoms with Crippen molar-refractivity contribution in [1.29, 1.82) is 0 Å². The normalized spacial score (nSPS) is 12.3. The fourth-order valence-electron chi connectivity index (χ4n) is 1.93. The van der Waals surface area contributed by atoms with Crippen LogP contribution < -0.4 is 16.0 Å². The Balaban J connectivity index is 1.87. The van der Waals surface area contributed by atoms with Gasteiger partial charge in [-0.2, -0.15) is 0 Å². The molecule has 1 heterocycles. The minimum absolute atomic E-state index is 0.153. The number of nitrogens with one attached hydrogen (secondary N) is 3. The molecule has 0 aliphatic carbocycles. The minimum Gasteiger partial charge on any atom is -0.465 e. The lowest BCUT2D eigenvalue weighted by Crippen LogP contribution is -2.34. The van der Waals surface area contributed by atoms with Gasteiger partial charge in [-0.1, -0.05) is 12.6 Å². The number of fused-ring (bicyclic) bond motifs is 1. The van der Waals surface area contributed by atoms with Crippen molar-refractivity contribution >= 4 is 23.4 Å². The Morgan fingerprint density at radius 2 is 2.25 bits per heavy atom. The number of carbonyl (C=O) groups is 2. The third-order valence-corrected chi connectivity index (χ3v) is 2.78. The summed E-state index contributed by atoms with van der Waals surface area (Å²) in [6, 6.07) is 5.12. The first kappa shape index (κ1) is 13.9. The van der Waals surface area contributed by atoms with Crippen LogP contribution in [0, 0.1) is 0 Å². The van der Waals surface area contributed by atoms with Crippen LogP contribution in [0.25, 0.3) is 0 Å². The Bertz CT molecular complexity index is 555. The molecule has 0 bridgehead atoms. The Labute approximate surface area is 117 Å². The second-order valence-corrected chi connectivity index (χ2v) is 4.39.